The second-order valence-electron chi connectivity index (χ2n) is 8.57. The second-order valence-corrected chi connectivity index (χ2v) is 9.39. The molecule has 0 unspecified atom stereocenters. The molecular weight excluding hydrogens is 451 g/mol. The first-order chi connectivity index (χ1) is 15.0. The fourth-order valence-corrected chi connectivity index (χ4v) is 4.09. The van der Waals surface area contributed by atoms with Crippen LogP contribution in [-0.4, -0.2) is 34.0 Å². The van der Waals surface area contributed by atoms with E-state index in [2.05, 4.69) is 0 Å². The van der Waals surface area contributed by atoms with Gasteiger partial charge in [-0.1, -0.05) is 48.3 Å². The Kier molecular flexibility index (Phi) is 6.77. The standard InChI is InChI=1S/C24H24Cl2N2O4/c1-5-14(19(27)23(31)32-24(2,3)4)20(13-10-11-17(25)18(26)12-13)28-21(29)15-8-6-7-9-16(15)22(28)30/h6-12,14,20,27H,5H2,1-4H3/t14-,20+/m0/s1. The smallest absolute Gasteiger partial charge is 0.352 e. The number of halogens is 2. The molecule has 2 atom stereocenters. The van der Waals surface area contributed by atoms with Gasteiger partial charge in [-0.25, -0.2) is 4.79 Å². The van der Waals surface area contributed by atoms with Crippen molar-refractivity contribution in [2.45, 2.75) is 45.8 Å². The third-order valence-electron chi connectivity index (χ3n) is 5.20. The van der Waals surface area contributed by atoms with Crippen LogP contribution in [0.1, 0.15) is 66.4 Å². The third-order valence-corrected chi connectivity index (χ3v) is 5.94. The zero-order chi connectivity index (χ0) is 23.8. The third kappa shape index (κ3) is 4.57. The van der Waals surface area contributed by atoms with E-state index < -0.39 is 35.3 Å². The molecule has 3 rings (SSSR count). The Labute approximate surface area is 197 Å². The molecule has 32 heavy (non-hydrogen) atoms. The Morgan fingerprint density at radius 2 is 1.59 bits per heavy atom. The van der Waals surface area contributed by atoms with E-state index >= 15 is 0 Å². The first-order valence-corrected chi connectivity index (χ1v) is 11.0. The van der Waals surface area contributed by atoms with Crippen LogP contribution in [0.15, 0.2) is 42.5 Å². The van der Waals surface area contributed by atoms with Crippen molar-refractivity contribution in [1.82, 2.24) is 4.90 Å². The van der Waals surface area contributed by atoms with Crippen LogP contribution < -0.4 is 0 Å². The molecule has 0 fully saturated rings. The van der Waals surface area contributed by atoms with E-state index in [0.29, 0.717) is 17.0 Å². The average Bonchev–Trinajstić information content (AvgIpc) is 2.97. The first-order valence-electron chi connectivity index (χ1n) is 10.2. The minimum absolute atomic E-state index is 0.240. The summed E-state index contributed by atoms with van der Waals surface area (Å²) in [5, 5.41) is 9.13. The topological polar surface area (TPSA) is 87.5 Å². The number of amides is 2. The van der Waals surface area contributed by atoms with E-state index in [1.165, 1.54) is 0 Å². The molecule has 0 spiro atoms. The molecule has 2 aromatic rings. The van der Waals surface area contributed by atoms with Crippen LogP contribution in [-0.2, 0) is 9.53 Å². The lowest BCUT2D eigenvalue weighted by Gasteiger charge is -2.34. The quantitative estimate of drug-likeness (QED) is 0.329. The number of fused-ring (bicyclic) bond motifs is 1. The van der Waals surface area contributed by atoms with Crippen LogP contribution in [0.2, 0.25) is 10.0 Å². The number of rotatable bonds is 6. The minimum atomic E-state index is -0.942. The number of hydrogen-bond acceptors (Lipinski definition) is 5. The molecule has 1 aliphatic rings. The van der Waals surface area contributed by atoms with Crippen LogP contribution >= 0.6 is 23.2 Å². The summed E-state index contributed by atoms with van der Waals surface area (Å²) in [5.41, 5.74) is -0.0671. The summed E-state index contributed by atoms with van der Waals surface area (Å²) in [7, 11) is 0. The molecule has 0 saturated heterocycles. The Morgan fingerprint density at radius 1 is 1.03 bits per heavy atom. The van der Waals surface area contributed by atoms with Crippen LogP contribution in [0.25, 0.3) is 0 Å². The van der Waals surface area contributed by atoms with Crippen molar-refractivity contribution in [1.29, 1.82) is 5.41 Å². The van der Waals surface area contributed by atoms with Crippen molar-refractivity contribution in [3.05, 3.63) is 69.2 Å². The van der Waals surface area contributed by atoms with Crippen molar-refractivity contribution >= 4 is 46.7 Å². The molecule has 0 radical (unpaired) electrons. The van der Waals surface area contributed by atoms with E-state index in [9.17, 15) is 14.4 Å². The summed E-state index contributed by atoms with van der Waals surface area (Å²) in [6, 6.07) is 10.4. The van der Waals surface area contributed by atoms with Gasteiger partial charge >= 0.3 is 5.97 Å². The highest BCUT2D eigenvalue weighted by Crippen LogP contribution is 2.40. The maximum atomic E-state index is 13.3. The molecular formula is C24H24Cl2N2O4. The lowest BCUT2D eigenvalue weighted by molar-refractivity contribution is -0.146. The van der Waals surface area contributed by atoms with E-state index in [1.807, 2.05) is 0 Å². The van der Waals surface area contributed by atoms with Crippen molar-refractivity contribution in [2.24, 2.45) is 5.92 Å². The molecule has 6 nitrogen and oxygen atoms in total. The van der Waals surface area contributed by atoms with Crippen molar-refractivity contribution < 1.29 is 19.1 Å². The molecule has 0 aliphatic carbocycles. The number of nitrogens with zero attached hydrogens (tertiary/aromatic N) is 1. The van der Waals surface area contributed by atoms with E-state index in [1.54, 1.807) is 70.2 Å². The minimum Gasteiger partial charge on any atom is -0.455 e. The molecule has 0 aromatic heterocycles. The largest absolute Gasteiger partial charge is 0.455 e. The first kappa shape index (κ1) is 24.0. The highest BCUT2D eigenvalue weighted by Gasteiger charge is 2.45. The number of ether oxygens (including phenoxy) is 1. The van der Waals surface area contributed by atoms with Gasteiger partial charge in [0.1, 0.15) is 11.3 Å². The normalized spacial score (nSPS) is 15.4. The van der Waals surface area contributed by atoms with Gasteiger partial charge in [-0.05, 0) is 57.0 Å². The summed E-state index contributed by atoms with van der Waals surface area (Å²) in [6.45, 7) is 6.91. The number of carbonyl (C=O) groups excluding carboxylic acids is 3. The number of nitrogens with one attached hydrogen (secondary N) is 1. The number of benzene rings is 2. The molecule has 0 saturated carbocycles. The van der Waals surface area contributed by atoms with Gasteiger partial charge in [0.15, 0.2) is 0 Å². The molecule has 0 bridgehead atoms. The zero-order valence-electron chi connectivity index (χ0n) is 18.2. The van der Waals surface area contributed by atoms with Crippen molar-refractivity contribution in [3.8, 4) is 0 Å². The SMILES string of the molecule is CC[C@@H](C(=N)C(=O)OC(C)(C)C)[C@@H](c1ccc(Cl)c(Cl)c1)N1C(=O)c2ccccc2C1=O. The van der Waals surface area contributed by atoms with Gasteiger partial charge in [0.05, 0.1) is 27.2 Å². The lowest BCUT2D eigenvalue weighted by atomic mass is 9.85. The molecule has 2 amide bonds. The molecule has 8 heteroatoms. The zero-order valence-corrected chi connectivity index (χ0v) is 19.8. The Balaban J connectivity index is 2.12. The molecule has 168 valence electrons. The molecule has 1 N–H and O–H groups in total. The molecule has 2 aromatic carbocycles. The van der Waals surface area contributed by atoms with Crippen LogP contribution in [0.3, 0.4) is 0 Å². The van der Waals surface area contributed by atoms with Crippen LogP contribution in [0, 0.1) is 11.3 Å². The van der Waals surface area contributed by atoms with Crippen LogP contribution in [0.5, 0.6) is 0 Å². The Morgan fingerprint density at radius 3 is 2.06 bits per heavy atom. The van der Waals surface area contributed by atoms with E-state index in [-0.39, 0.29) is 21.9 Å². The molecule has 1 heterocycles. The monoisotopic (exact) mass is 474 g/mol. The summed E-state index contributed by atoms with van der Waals surface area (Å²) in [4.78, 5) is 40.4. The summed E-state index contributed by atoms with van der Waals surface area (Å²) >= 11 is 12.3. The predicted octanol–water partition coefficient (Wildman–Crippen LogP) is 5.72. The Hall–Kier alpha value is -2.70. The second kappa shape index (κ2) is 9.04. The summed E-state index contributed by atoms with van der Waals surface area (Å²) in [6.07, 6.45) is 0.302. The van der Waals surface area contributed by atoms with Gasteiger partial charge in [0.25, 0.3) is 11.8 Å². The van der Waals surface area contributed by atoms with Crippen molar-refractivity contribution in [3.63, 3.8) is 0 Å². The van der Waals surface area contributed by atoms with Gasteiger partial charge in [-0.15, -0.1) is 0 Å². The predicted molar refractivity (Wildman–Crippen MR) is 123 cm³/mol. The summed E-state index contributed by atoms with van der Waals surface area (Å²) < 4.78 is 5.39. The molecule has 1 aliphatic heterocycles. The summed E-state index contributed by atoms with van der Waals surface area (Å²) in [5.74, 6) is -2.59. The number of esters is 1. The number of carbonyl (C=O) groups is 3. The maximum Gasteiger partial charge on any atom is 0.352 e. The fourth-order valence-electron chi connectivity index (χ4n) is 3.79. The van der Waals surface area contributed by atoms with Gasteiger partial charge in [0, 0.05) is 5.92 Å². The van der Waals surface area contributed by atoms with Crippen LogP contribution in [0.4, 0.5) is 0 Å². The van der Waals surface area contributed by atoms with Gasteiger partial charge in [-0.2, -0.15) is 0 Å². The number of imide groups is 1. The van der Waals surface area contributed by atoms with Gasteiger partial charge in [-0.3, -0.25) is 19.9 Å². The van der Waals surface area contributed by atoms with Gasteiger partial charge in [0.2, 0.25) is 0 Å². The van der Waals surface area contributed by atoms with Gasteiger partial charge < -0.3 is 4.74 Å². The highest BCUT2D eigenvalue weighted by molar-refractivity contribution is 6.42. The van der Waals surface area contributed by atoms with E-state index in [0.717, 1.165) is 4.90 Å². The van der Waals surface area contributed by atoms with E-state index in [4.69, 9.17) is 33.3 Å². The van der Waals surface area contributed by atoms with Crippen molar-refractivity contribution in [2.75, 3.05) is 0 Å². The maximum absolute atomic E-state index is 13.3. The number of hydrogen-bond donors (Lipinski definition) is 1. The Bertz CT molecular complexity index is 1070. The lowest BCUT2D eigenvalue weighted by Crippen LogP contribution is -2.43. The highest BCUT2D eigenvalue weighted by atomic mass is 35.5. The fraction of sp³-hybridized carbons (Fsp3) is 0.333. The average molecular weight is 475 g/mol.